The second-order valence-electron chi connectivity index (χ2n) is 4.86. The van der Waals surface area contributed by atoms with Crippen molar-refractivity contribution in [1.82, 2.24) is 4.90 Å². The second kappa shape index (κ2) is 5.79. The van der Waals surface area contributed by atoms with Gasteiger partial charge in [0.1, 0.15) is 0 Å². The third-order valence-electron chi connectivity index (χ3n) is 3.54. The van der Waals surface area contributed by atoms with Crippen LogP contribution in [0.25, 0.3) is 0 Å². The summed E-state index contributed by atoms with van der Waals surface area (Å²) in [7, 11) is 0. The lowest BCUT2D eigenvalue weighted by Gasteiger charge is -2.14. The van der Waals surface area contributed by atoms with Gasteiger partial charge in [-0.1, -0.05) is 12.1 Å². The highest BCUT2D eigenvalue weighted by atomic mass is 16.6. The summed E-state index contributed by atoms with van der Waals surface area (Å²) in [5, 5.41) is 10.5. The molecule has 1 saturated heterocycles. The maximum absolute atomic E-state index is 11.1. The first-order chi connectivity index (χ1) is 9.06. The van der Waals surface area contributed by atoms with Crippen molar-refractivity contribution in [2.24, 2.45) is 11.7 Å². The molecule has 6 nitrogen and oxygen atoms in total. The molecule has 0 aliphatic carbocycles. The monoisotopic (exact) mass is 263 g/mol. The van der Waals surface area contributed by atoms with Crippen LogP contribution in [-0.2, 0) is 11.2 Å². The van der Waals surface area contributed by atoms with Gasteiger partial charge in [-0.3, -0.25) is 14.9 Å². The minimum absolute atomic E-state index is 0.0307. The molecule has 1 amide bonds. The minimum atomic E-state index is -0.401. The zero-order chi connectivity index (χ0) is 13.8. The summed E-state index contributed by atoms with van der Waals surface area (Å²) in [5.74, 6) is -0.255. The van der Waals surface area contributed by atoms with Crippen LogP contribution in [0.15, 0.2) is 24.3 Å². The van der Waals surface area contributed by atoms with E-state index < -0.39 is 4.92 Å². The summed E-state index contributed by atoms with van der Waals surface area (Å²) in [5.41, 5.74) is 6.46. The number of non-ortho nitro benzene ring substituents is 1. The molecule has 1 aromatic rings. The Morgan fingerprint density at radius 1 is 1.42 bits per heavy atom. The van der Waals surface area contributed by atoms with Gasteiger partial charge in [-0.15, -0.1) is 0 Å². The summed E-state index contributed by atoms with van der Waals surface area (Å²) >= 11 is 0. The van der Waals surface area contributed by atoms with Crippen molar-refractivity contribution in [2.45, 2.75) is 12.8 Å². The number of hydrogen-bond acceptors (Lipinski definition) is 4. The Kier molecular flexibility index (Phi) is 4.11. The van der Waals surface area contributed by atoms with E-state index in [-0.39, 0.29) is 17.5 Å². The number of primary amides is 1. The normalized spacial score (nSPS) is 19.5. The molecule has 1 aliphatic heterocycles. The zero-order valence-corrected chi connectivity index (χ0v) is 10.6. The molecule has 0 unspecified atom stereocenters. The molecule has 1 fully saturated rings. The van der Waals surface area contributed by atoms with Crippen molar-refractivity contribution in [3.63, 3.8) is 0 Å². The number of nitro groups is 1. The van der Waals surface area contributed by atoms with Crippen LogP contribution in [0.4, 0.5) is 5.69 Å². The van der Waals surface area contributed by atoms with E-state index in [1.54, 1.807) is 12.1 Å². The molecule has 0 saturated carbocycles. The third kappa shape index (κ3) is 3.51. The predicted octanol–water partition coefficient (Wildman–Crippen LogP) is 0.944. The van der Waals surface area contributed by atoms with E-state index in [1.165, 1.54) is 12.1 Å². The zero-order valence-electron chi connectivity index (χ0n) is 10.6. The van der Waals surface area contributed by atoms with Crippen molar-refractivity contribution in [1.29, 1.82) is 0 Å². The summed E-state index contributed by atoms with van der Waals surface area (Å²) in [4.78, 5) is 23.4. The van der Waals surface area contributed by atoms with Gasteiger partial charge in [-0.25, -0.2) is 0 Å². The first-order valence-corrected chi connectivity index (χ1v) is 6.31. The number of carbonyl (C=O) groups excluding carboxylic acids is 1. The van der Waals surface area contributed by atoms with Crippen LogP contribution in [-0.4, -0.2) is 35.4 Å². The Morgan fingerprint density at radius 3 is 2.63 bits per heavy atom. The molecule has 1 heterocycles. The van der Waals surface area contributed by atoms with E-state index in [4.69, 9.17) is 5.73 Å². The Morgan fingerprint density at radius 2 is 2.11 bits per heavy atom. The lowest BCUT2D eigenvalue weighted by molar-refractivity contribution is -0.384. The number of nitro benzene ring substituents is 1. The molecule has 0 radical (unpaired) electrons. The highest BCUT2D eigenvalue weighted by Crippen LogP contribution is 2.17. The van der Waals surface area contributed by atoms with Gasteiger partial charge in [-0.05, 0) is 24.9 Å². The van der Waals surface area contributed by atoms with Crippen molar-refractivity contribution < 1.29 is 9.72 Å². The molecule has 0 aromatic heterocycles. The Bertz CT molecular complexity index is 473. The summed E-state index contributed by atoms with van der Waals surface area (Å²) < 4.78 is 0. The van der Waals surface area contributed by atoms with Gasteiger partial charge in [0.05, 0.1) is 10.8 Å². The van der Waals surface area contributed by atoms with E-state index in [0.717, 1.165) is 38.0 Å². The van der Waals surface area contributed by atoms with Crippen molar-refractivity contribution in [3.05, 3.63) is 39.9 Å². The van der Waals surface area contributed by atoms with Crippen LogP contribution in [0.5, 0.6) is 0 Å². The van der Waals surface area contributed by atoms with Crippen molar-refractivity contribution >= 4 is 11.6 Å². The van der Waals surface area contributed by atoms with Gasteiger partial charge in [0.15, 0.2) is 0 Å². The fourth-order valence-corrected chi connectivity index (χ4v) is 2.34. The van der Waals surface area contributed by atoms with E-state index in [9.17, 15) is 14.9 Å². The van der Waals surface area contributed by atoms with Crippen LogP contribution in [0.2, 0.25) is 0 Å². The van der Waals surface area contributed by atoms with Gasteiger partial charge >= 0.3 is 0 Å². The van der Waals surface area contributed by atoms with Crippen LogP contribution >= 0.6 is 0 Å². The fraction of sp³-hybridized carbons (Fsp3) is 0.462. The Labute approximate surface area is 111 Å². The quantitative estimate of drug-likeness (QED) is 0.632. The van der Waals surface area contributed by atoms with E-state index in [1.807, 2.05) is 0 Å². The highest BCUT2D eigenvalue weighted by molar-refractivity contribution is 5.77. The first-order valence-electron chi connectivity index (χ1n) is 6.31. The number of carbonyl (C=O) groups is 1. The van der Waals surface area contributed by atoms with Gasteiger partial charge in [0.25, 0.3) is 5.69 Å². The number of nitrogens with zero attached hydrogens (tertiary/aromatic N) is 2. The lowest BCUT2D eigenvalue weighted by Crippen LogP contribution is -2.28. The van der Waals surface area contributed by atoms with Crippen molar-refractivity contribution in [3.8, 4) is 0 Å². The second-order valence-corrected chi connectivity index (χ2v) is 4.86. The smallest absolute Gasteiger partial charge is 0.269 e. The number of nitrogens with two attached hydrogens (primary N) is 1. The first kappa shape index (κ1) is 13.5. The van der Waals surface area contributed by atoms with E-state index >= 15 is 0 Å². The number of likely N-dealkylation sites (tertiary alicyclic amines) is 1. The molecule has 1 aromatic carbocycles. The molecule has 19 heavy (non-hydrogen) atoms. The standard InChI is InChI=1S/C13H17N3O3/c14-13(17)11-6-8-15(9-11)7-5-10-1-3-12(4-2-10)16(18)19/h1-4,11H,5-9H2,(H2,14,17)/t11-/m0/s1. The minimum Gasteiger partial charge on any atom is -0.369 e. The van der Waals surface area contributed by atoms with Gasteiger partial charge < -0.3 is 10.6 Å². The maximum Gasteiger partial charge on any atom is 0.269 e. The Hall–Kier alpha value is -1.95. The molecule has 2 rings (SSSR count). The van der Waals surface area contributed by atoms with E-state index in [0.29, 0.717) is 0 Å². The number of hydrogen-bond donors (Lipinski definition) is 1. The average molecular weight is 263 g/mol. The van der Waals surface area contributed by atoms with Crippen LogP contribution in [0.1, 0.15) is 12.0 Å². The molecule has 6 heteroatoms. The fourth-order valence-electron chi connectivity index (χ4n) is 2.34. The topological polar surface area (TPSA) is 89.5 Å². The third-order valence-corrected chi connectivity index (χ3v) is 3.54. The van der Waals surface area contributed by atoms with E-state index in [2.05, 4.69) is 4.90 Å². The number of rotatable bonds is 5. The molecule has 102 valence electrons. The van der Waals surface area contributed by atoms with Gasteiger partial charge in [0, 0.05) is 25.2 Å². The van der Waals surface area contributed by atoms with Crippen LogP contribution in [0.3, 0.4) is 0 Å². The summed E-state index contributed by atoms with van der Waals surface area (Å²) in [6.07, 6.45) is 1.65. The van der Waals surface area contributed by atoms with Crippen LogP contribution in [0, 0.1) is 16.0 Å². The summed E-state index contributed by atoms with van der Waals surface area (Å²) in [6.45, 7) is 2.46. The van der Waals surface area contributed by atoms with Gasteiger partial charge in [0.2, 0.25) is 5.91 Å². The number of benzene rings is 1. The molecule has 0 spiro atoms. The highest BCUT2D eigenvalue weighted by Gasteiger charge is 2.25. The van der Waals surface area contributed by atoms with Crippen molar-refractivity contribution in [2.75, 3.05) is 19.6 Å². The molecule has 2 N–H and O–H groups in total. The summed E-state index contributed by atoms with van der Waals surface area (Å²) in [6, 6.07) is 6.59. The van der Waals surface area contributed by atoms with Crippen LogP contribution < -0.4 is 5.73 Å². The molecule has 1 atom stereocenters. The largest absolute Gasteiger partial charge is 0.369 e. The average Bonchev–Trinajstić information content (AvgIpc) is 2.86. The molecular formula is C13H17N3O3. The lowest BCUT2D eigenvalue weighted by atomic mass is 10.1. The predicted molar refractivity (Wildman–Crippen MR) is 70.5 cm³/mol. The number of amides is 1. The molecule has 1 aliphatic rings. The molecular weight excluding hydrogens is 246 g/mol. The van der Waals surface area contributed by atoms with Gasteiger partial charge in [-0.2, -0.15) is 0 Å². The Balaban J connectivity index is 1.83. The SMILES string of the molecule is NC(=O)[C@H]1CCN(CCc2ccc([N+](=O)[O-])cc2)C1. The maximum atomic E-state index is 11.1. The molecule has 0 bridgehead atoms.